The maximum Gasteiger partial charge on any atom is 0.150 e. The van der Waals surface area contributed by atoms with Crippen LogP contribution in [0.5, 0.6) is 11.5 Å². The van der Waals surface area contributed by atoms with Crippen molar-refractivity contribution >= 4 is 9.84 Å². The molecule has 1 heterocycles. The van der Waals surface area contributed by atoms with Crippen LogP contribution in [-0.2, 0) is 9.84 Å². The number of sulfone groups is 1. The number of ether oxygens (including phenoxy) is 2. The van der Waals surface area contributed by atoms with Crippen molar-refractivity contribution in [3.63, 3.8) is 0 Å². The van der Waals surface area contributed by atoms with E-state index >= 15 is 0 Å². The van der Waals surface area contributed by atoms with Crippen LogP contribution in [0.15, 0.2) is 18.2 Å². The summed E-state index contributed by atoms with van der Waals surface area (Å²) in [6.45, 7) is 0. The summed E-state index contributed by atoms with van der Waals surface area (Å²) >= 11 is 0. The standard InChI is InChI=1S/C13H18O5S/c1-17-11-5-10(6-12(7-11)18-2)13(14)9-3-4-19(15,16)8-9/h5-7,9,13-14H,3-4,8H2,1-2H3. The SMILES string of the molecule is COc1cc(OC)cc(C(O)C2CCS(=O)(=O)C2)c1. The lowest BCUT2D eigenvalue weighted by Gasteiger charge is -2.18. The van der Waals surface area contributed by atoms with Gasteiger partial charge < -0.3 is 14.6 Å². The normalized spacial score (nSPS) is 23.0. The summed E-state index contributed by atoms with van der Waals surface area (Å²) in [4.78, 5) is 0. The number of benzene rings is 1. The van der Waals surface area contributed by atoms with Gasteiger partial charge in [-0.3, -0.25) is 0 Å². The quantitative estimate of drug-likeness (QED) is 0.899. The molecule has 1 aromatic rings. The molecule has 0 radical (unpaired) electrons. The lowest BCUT2D eigenvalue weighted by Crippen LogP contribution is -2.14. The lowest BCUT2D eigenvalue weighted by atomic mass is 9.95. The van der Waals surface area contributed by atoms with Crippen LogP contribution >= 0.6 is 0 Å². The highest BCUT2D eigenvalue weighted by Crippen LogP contribution is 2.34. The van der Waals surface area contributed by atoms with Gasteiger partial charge in [0.1, 0.15) is 11.5 Å². The van der Waals surface area contributed by atoms with Crippen LogP contribution in [0, 0.1) is 5.92 Å². The van der Waals surface area contributed by atoms with Crippen molar-refractivity contribution in [2.24, 2.45) is 5.92 Å². The maximum absolute atomic E-state index is 11.5. The molecule has 2 atom stereocenters. The largest absolute Gasteiger partial charge is 0.497 e. The number of hydrogen-bond donors (Lipinski definition) is 1. The third-order valence-electron chi connectivity index (χ3n) is 3.43. The summed E-state index contributed by atoms with van der Waals surface area (Å²) < 4.78 is 33.2. The Kier molecular flexibility index (Phi) is 4.01. The minimum absolute atomic E-state index is 0.0354. The number of rotatable bonds is 4. The van der Waals surface area contributed by atoms with Gasteiger partial charge in [0.15, 0.2) is 9.84 Å². The second-order valence-corrected chi connectivity index (χ2v) is 6.98. The van der Waals surface area contributed by atoms with E-state index in [1.165, 1.54) is 14.2 Å². The molecule has 5 nitrogen and oxygen atoms in total. The van der Waals surface area contributed by atoms with E-state index in [0.717, 1.165) is 0 Å². The molecule has 106 valence electrons. The first-order valence-electron chi connectivity index (χ1n) is 6.06. The first-order valence-corrected chi connectivity index (χ1v) is 7.89. The molecule has 1 aliphatic heterocycles. The van der Waals surface area contributed by atoms with Gasteiger partial charge in [-0.1, -0.05) is 0 Å². The number of aliphatic hydroxyl groups excluding tert-OH is 1. The second kappa shape index (κ2) is 5.38. The molecule has 1 aromatic carbocycles. The van der Waals surface area contributed by atoms with Crippen LogP contribution in [0.3, 0.4) is 0 Å². The van der Waals surface area contributed by atoms with Crippen LogP contribution in [0.25, 0.3) is 0 Å². The van der Waals surface area contributed by atoms with E-state index in [1.807, 2.05) is 0 Å². The molecule has 19 heavy (non-hydrogen) atoms. The van der Waals surface area contributed by atoms with Gasteiger partial charge in [-0.25, -0.2) is 8.42 Å². The smallest absolute Gasteiger partial charge is 0.150 e. The van der Waals surface area contributed by atoms with Crippen LogP contribution in [0.4, 0.5) is 0 Å². The monoisotopic (exact) mass is 286 g/mol. The second-order valence-electron chi connectivity index (χ2n) is 4.75. The lowest BCUT2D eigenvalue weighted by molar-refractivity contribution is 0.120. The van der Waals surface area contributed by atoms with E-state index in [-0.39, 0.29) is 17.4 Å². The number of hydrogen-bond acceptors (Lipinski definition) is 5. The molecule has 1 fully saturated rings. The van der Waals surface area contributed by atoms with Crippen LogP contribution < -0.4 is 9.47 Å². The summed E-state index contributed by atoms with van der Waals surface area (Å²) in [5.41, 5.74) is 0.623. The molecule has 1 N–H and O–H groups in total. The van der Waals surface area contributed by atoms with Crippen molar-refractivity contribution in [2.45, 2.75) is 12.5 Å². The minimum atomic E-state index is -3.00. The fourth-order valence-electron chi connectivity index (χ4n) is 2.35. The summed E-state index contributed by atoms with van der Waals surface area (Å²) in [7, 11) is 0.0630. The third-order valence-corrected chi connectivity index (χ3v) is 5.22. The molecule has 0 spiro atoms. The van der Waals surface area contributed by atoms with Crippen LogP contribution in [-0.4, -0.2) is 39.2 Å². The predicted molar refractivity (Wildman–Crippen MR) is 71.3 cm³/mol. The molecule has 1 saturated heterocycles. The topological polar surface area (TPSA) is 72.8 Å². The molecule has 0 saturated carbocycles. The highest BCUT2D eigenvalue weighted by molar-refractivity contribution is 7.91. The zero-order valence-electron chi connectivity index (χ0n) is 11.0. The van der Waals surface area contributed by atoms with Gasteiger partial charge in [0.2, 0.25) is 0 Å². The fourth-order valence-corrected chi connectivity index (χ4v) is 4.17. The number of aliphatic hydroxyl groups is 1. The van der Waals surface area contributed by atoms with Crippen molar-refractivity contribution in [1.82, 2.24) is 0 Å². The average molecular weight is 286 g/mol. The Morgan fingerprint density at radius 2 is 1.79 bits per heavy atom. The van der Waals surface area contributed by atoms with Crippen molar-refractivity contribution in [1.29, 1.82) is 0 Å². The zero-order valence-corrected chi connectivity index (χ0v) is 11.8. The first kappa shape index (κ1) is 14.1. The Balaban J connectivity index is 2.26. The Bertz CT molecular complexity index is 530. The van der Waals surface area contributed by atoms with E-state index in [9.17, 15) is 13.5 Å². The molecule has 2 unspecified atom stereocenters. The van der Waals surface area contributed by atoms with E-state index in [0.29, 0.717) is 23.5 Å². The molecule has 0 amide bonds. The third kappa shape index (κ3) is 3.19. The molecule has 2 rings (SSSR count). The van der Waals surface area contributed by atoms with Gasteiger partial charge in [-0.15, -0.1) is 0 Å². The van der Waals surface area contributed by atoms with Crippen LogP contribution in [0.1, 0.15) is 18.1 Å². The van der Waals surface area contributed by atoms with Crippen molar-refractivity contribution in [3.8, 4) is 11.5 Å². The Hall–Kier alpha value is -1.27. The Labute approximate surface area is 113 Å². The predicted octanol–water partition coefficient (Wildman–Crippen LogP) is 1.17. The fraction of sp³-hybridized carbons (Fsp3) is 0.538. The average Bonchev–Trinajstić information content (AvgIpc) is 2.77. The van der Waals surface area contributed by atoms with Gasteiger partial charge >= 0.3 is 0 Å². The first-order chi connectivity index (χ1) is 8.95. The molecule has 1 aliphatic rings. The summed E-state index contributed by atoms with van der Waals surface area (Å²) in [5, 5.41) is 10.3. The van der Waals surface area contributed by atoms with Gasteiger partial charge in [0.05, 0.1) is 31.8 Å². The molecule has 6 heteroatoms. The summed E-state index contributed by atoms with van der Waals surface area (Å²) in [5.74, 6) is 1.08. The molecular formula is C13H18O5S. The number of methoxy groups -OCH3 is 2. The molecule has 0 aliphatic carbocycles. The van der Waals surface area contributed by atoms with Gasteiger partial charge in [0, 0.05) is 12.0 Å². The summed E-state index contributed by atoms with van der Waals surface area (Å²) in [6.07, 6.45) is -0.329. The molecule has 0 aromatic heterocycles. The highest BCUT2D eigenvalue weighted by Gasteiger charge is 2.33. The van der Waals surface area contributed by atoms with E-state index in [1.54, 1.807) is 18.2 Å². The molecular weight excluding hydrogens is 268 g/mol. The van der Waals surface area contributed by atoms with Crippen molar-refractivity contribution in [2.75, 3.05) is 25.7 Å². The van der Waals surface area contributed by atoms with Crippen molar-refractivity contribution < 1.29 is 23.0 Å². The van der Waals surface area contributed by atoms with E-state index in [2.05, 4.69) is 0 Å². The van der Waals surface area contributed by atoms with E-state index < -0.39 is 15.9 Å². The highest BCUT2D eigenvalue weighted by atomic mass is 32.2. The Morgan fingerprint density at radius 1 is 1.21 bits per heavy atom. The molecule has 0 bridgehead atoms. The summed E-state index contributed by atoms with van der Waals surface area (Å²) in [6, 6.07) is 5.12. The van der Waals surface area contributed by atoms with Gasteiger partial charge in [-0.05, 0) is 24.1 Å². The maximum atomic E-state index is 11.5. The van der Waals surface area contributed by atoms with Crippen molar-refractivity contribution in [3.05, 3.63) is 23.8 Å². The van der Waals surface area contributed by atoms with Gasteiger partial charge in [-0.2, -0.15) is 0 Å². The van der Waals surface area contributed by atoms with E-state index in [4.69, 9.17) is 9.47 Å². The zero-order chi connectivity index (χ0) is 14.0. The van der Waals surface area contributed by atoms with Gasteiger partial charge in [0.25, 0.3) is 0 Å². The van der Waals surface area contributed by atoms with Crippen LogP contribution in [0.2, 0.25) is 0 Å². The minimum Gasteiger partial charge on any atom is -0.497 e. The Morgan fingerprint density at radius 3 is 2.21 bits per heavy atom.